The molecular formula is C17H17ClN2O5S2. The molecule has 1 N–H and O–H groups in total. The molecule has 1 aromatic carbocycles. The molecule has 0 radical (unpaired) electrons. The lowest BCUT2D eigenvalue weighted by Gasteiger charge is -2.12. The summed E-state index contributed by atoms with van der Waals surface area (Å²) < 4.78 is 4.48. The number of esters is 1. The lowest BCUT2D eigenvalue weighted by atomic mass is 10.2. The van der Waals surface area contributed by atoms with Crippen LogP contribution in [0.1, 0.15) is 5.56 Å². The molecule has 3 amide bonds. The Hall–Kier alpha value is -1.97. The fraction of sp³-hybridized carbons (Fsp3) is 0.294. The first-order valence-electron chi connectivity index (χ1n) is 7.83. The van der Waals surface area contributed by atoms with Crippen molar-refractivity contribution >= 4 is 64.2 Å². The zero-order chi connectivity index (χ0) is 19.8. The topological polar surface area (TPSA) is 92.8 Å². The van der Waals surface area contributed by atoms with E-state index < -0.39 is 17.1 Å². The van der Waals surface area contributed by atoms with Gasteiger partial charge < -0.3 is 10.1 Å². The van der Waals surface area contributed by atoms with Gasteiger partial charge in [0.25, 0.3) is 11.1 Å². The highest BCUT2D eigenvalue weighted by molar-refractivity contribution is 8.18. The molecule has 1 aliphatic heterocycles. The molecule has 144 valence electrons. The van der Waals surface area contributed by atoms with Crippen LogP contribution in [-0.2, 0) is 19.1 Å². The van der Waals surface area contributed by atoms with Gasteiger partial charge in [0.2, 0.25) is 5.91 Å². The number of ether oxygens (including phenoxy) is 1. The number of rotatable bonds is 8. The van der Waals surface area contributed by atoms with Crippen molar-refractivity contribution in [2.45, 2.75) is 0 Å². The third-order valence-electron chi connectivity index (χ3n) is 3.40. The fourth-order valence-corrected chi connectivity index (χ4v) is 3.79. The smallest absolute Gasteiger partial charge is 0.315 e. The van der Waals surface area contributed by atoms with Gasteiger partial charge in [0.1, 0.15) is 0 Å². The predicted molar refractivity (Wildman–Crippen MR) is 106 cm³/mol. The summed E-state index contributed by atoms with van der Waals surface area (Å²) in [6.45, 7) is 0.201. The molecule has 0 atom stereocenters. The molecule has 0 aromatic heterocycles. The van der Waals surface area contributed by atoms with E-state index in [2.05, 4.69) is 10.1 Å². The molecule has 1 saturated heterocycles. The van der Waals surface area contributed by atoms with Crippen LogP contribution in [0.2, 0.25) is 5.02 Å². The van der Waals surface area contributed by atoms with Crippen LogP contribution < -0.4 is 5.32 Å². The third kappa shape index (κ3) is 6.30. The Morgan fingerprint density at radius 2 is 2.04 bits per heavy atom. The Bertz CT molecular complexity index is 784. The number of carbonyl (C=O) groups is 4. The summed E-state index contributed by atoms with van der Waals surface area (Å²) in [5, 5.41) is 2.70. The summed E-state index contributed by atoms with van der Waals surface area (Å²) in [6, 6.07) is 7.02. The van der Waals surface area contributed by atoms with Crippen molar-refractivity contribution in [2.75, 3.05) is 31.7 Å². The normalized spacial score (nSPS) is 15.3. The standard InChI is InChI=1S/C17H17ClN2O5S2/c1-25-15(22)10-26-9-14(21)19-6-7-20-16(23)13(27-17(20)24)8-11-4-2-3-5-12(11)18/h2-5,8H,6-7,9-10H2,1H3,(H,19,21)/b13-8-. The van der Waals surface area contributed by atoms with Gasteiger partial charge in [-0.15, -0.1) is 11.8 Å². The first-order valence-corrected chi connectivity index (χ1v) is 10.2. The summed E-state index contributed by atoms with van der Waals surface area (Å²) in [7, 11) is 1.28. The maximum absolute atomic E-state index is 12.4. The number of nitrogens with zero attached hydrogens (tertiary/aromatic N) is 1. The van der Waals surface area contributed by atoms with Crippen LogP contribution in [0.15, 0.2) is 29.2 Å². The van der Waals surface area contributed by atoms with Crippen LogP contribution in [0.25, 0.3) is 6.08 Å². The maximum Gasteiger partial charge on any atom is 0.315 e. The van der Waals surface area contributed by atoms with Crippen molar-refractivity contribution in [3.63, 3.8) is 0 Å². The van der Waals surface area contributed by atoms with E-state index in [0.717, 1.165) is 28.4 Å². The van der Waals surface area contributed by atoms with E-state index in [0.29, 0.717) is 10.6 Å². The summed E-state index contributed by atoms with van der Waals surface area (Å²) in [6.07, 6.45) is 1.58. The van der Waals surface area contributed by atoms with Gasteiger partial charge in [-0.25, -0.2) is 0 Å². The number of halogens is 1. The van der Waals surface area contributed by atoms with E-state index in [9.17, 15) is 19.2 Å². The second kappa shape index (κ2) is 10.4. The molecule has 1 heterocycles. The highest BCUT2D eigenvalue weighted by Crippen LogP contribution is 2.33. The number of hydrogen-bond donors (Lipinski definition) is 1. The van der Waals surface area contributed by atoms with Gasteiger partial charge in [0.15, 0.2) is 0 Å². The van der Waals surface area contributed by atoms with Gasteiger partial charge in [-0.1, -0.05) is 29.8 Å². The Labute approximate surface area is 169 Å². The quantitative estimate of drug-likeness (QED) is 0.502. The maximum atomic E-state index is 12.4. The number of hydrogen-bond acceptors (Lipinski definition) is 7. The average Bonchev–Trinajstić information content (AvgIpc) is 2.90. The second-order valence-corrected chi connectivity index (χ2v) is 7.66. The Kier molecular flexibility index (Phi) is 8.21. The molecule has 10 heteroatoms. The first kappa shape index (κ1) is 21.3. The van der Waals surface area contributed by atoms with Gasteiger partial charge in [-0.2, -0.15) is 0 Å². The van der Waals surface area contributed by atoms with Gasteiger partial charge in [0, 0.05) is 18.1 Å². The Morgan fingerprint density at radius 1 is 1.30 bits per heavy atom. The number of carbonyl (C=O) groups excluding carboxylic acids is 4. The number of benzene rings is 1. The van der Waals surface area contributed by atoms with E-state index in [1.54, 1.807) is 30.3 Å². The lowest BCUT2D eigenvalue weighted by Crippen LogP contribution is -2.37. The Balaban J connectivity index is 1.83. The van der Waals surface area contributed by atoms with E-state index >= 15 is 0 Å². The molecule has 0 aliphatic carbocycles. The summed E-state index contributed by atoms with van der Waals surface area (Å²) in [4.78, 5) is 48.5. The number of nitrogens with one attached hydrogen (secondary N) is 1. The largest absolute Gasteiger partial charge is 0.468 e. The molecule has 0 bridgehead atoms. The van der Waals surface area contributed by atoms with E-state index in [-0.39, 0.29) is 35.4 Å². The van der Waals surface area contributed by atoms with E-state index in [1.165, 1.54) is 7.11 Å². The summed E-state index contributed by atoms with van der Waals surface area (Å²) in [5.41, 5.74) is 0.653. The minimum absolute atomic E-state index is 0.0674. The van der Waals surface area contributed by atoms with E-state index in [4.69, 9.17) is 11.6 Å². The fourth-order valence-electron chi connectivity index (χ4n) is 2.07. The van der Waals surface area contributed by atoms with Gasteiger partial charge in [0.05, 0.1) is 23.5 Å². The van der Waals surface area contributed by atoms with Crippen molar-refractivity contribution in [2.24, 2.45) is 0 Å². The van der Waals surface area contributed by atoms with Crippen LogP contribution in [0, 0.1) is 0 Å². The van der Waals surface area contributed by atoms with Crippen LogP contribution in [0.4, 0.5) is 4.79 Å². The zero-order valence-electron chi connectivity index (χ0n) is 14.4. The van der Waals surface area contributed by atoms with Crippen molar-refractivity contribution in [3.05, 3.63) is 39.8 Å². The first-order chi connectivity index (χ1) is 12.9. The highest BCUT2D eigenvalue weighted by Gasteiger charge is 2.34. The SMILES string of the molecule is COC(=O)CSCC(=O)NCCN1C(=O)S/C(=C\c2ccccc2Cl)C1=O. The van der Waals surface area contributed by atoms with Crippen molar-refractivity contribution < 1.29 is 23.9 Å². The number of amides is 3. The highest BCUT2D eigenvalue weighted by atomic mass is 35.5. The molecular weight excluding hydrogens is 412 g/mol. The molecule has 1 fully saturated rings. The summed E-state index contributed by atoms with van der Waals surface area (Å²) in [5.74, 6) is -0.943. The van der Waals surface area contributed by atoms with Crippen LogP contribution in [0.5, 0.6) is 0 Å². The van der Waals surface area contributed by atoms with Crippen LogP contribution in [-0.4, -0.2) is 59.6 Å². The molecule has 1 aromatic rings. The number of methoxy groups -OCH3 is 1. The average molecular weight is 429 g/mol. The minimum Gasteiger partial charge on any atom is -0.468 e. The molecule has 2 rings (SSSR count). The summed E-state index contributed by atoms with van der Waals surface area (Å²) >= 11 is 8.03. The lowest BCUT2D eigenvalue weighted by molar-refractivity contribution is -0.137. The molecule has 0 unspecified atom stereocenters. The van der Waals surface area contributed by atoms with Crippen molar-refractivity contribution in [3.8, 4) is 0 Å². The monoisotopic (exact) mass is 428 g/mol. The van der Waals surface area contributed by atoms with Gasteiger partial charge >= 0.3 is 5.97 Å². The van der Waals surface area contributed by atoms with Crippen molar-refractivity contribution in [1.29, 1.82) is 0 Å². The molecule has 7 nitrogen and oxygen atoms in total. The van der Waals surface area contributed by atoms with Crippen LogP contribution in [0.3, 0.4) is 0 Å². The minimum atomic E-state index is -0.417. The molecule has 0 saturated carbocycles. The van der Waals surface area contributed by atoms with E-state index in [1.807, 2.05) is 0 Å². The molecule has 27 heavy (non-hydrogen) atoms. The van der Waals surface area contributed by atoms with Gasteiger partial charge in [-0.3, -0.25) is 24.1 Å². The molecule has 1 aliphatic rings. The predicted octanol–water partition coefficient (Wildman–Crippen LogP) is 2.40. The zero-order valence-corrected chi connectivity index (χ0v) is 16.8. The molecule has 0 spiro atoms. The number of imide groups is 1. The number of thioether (sulfide) groups is 2. The van der Waals surface area contributed by atoms with Gasteiger partial charge in [-0.05, 0) is 29.5 Å². The third-order valence-corrected chi connectivity index (χ3v) is 5.56. The van der Waals surface area contributed by atoms with Crippen LogP contribution >= 0.6 is 35.1 Å². The Morgan fingerprint density at radius 3 is 2.74 bits per heavy atom. The second-order valence-electron chi connectivity index (χ2n) is 5.27. The van der Waals surface area contributed by atoms with Crippen molar-refractivity contribution in [1.82, 2.24) is 10.2 Å².